The van der Waals surface area contributed by atoms with Crippen molar-refractivity contribution in [3.63, 3.8) is 0 Å². The van der Waals surface area contributed by atoms with Crippen LogP contribution in [0.25, 0.3) is 0 Å². The predicted molar refractivity (Wildman–Crippen MR) is 72.1 cm³/mol. The van der Waals surface area contributed by atoms with E-state index in [4.69, 9.17) is 10.5 Å². The number of esters is 1. The minimum absolute atomic E-state index is 0.0845. The highest BCUT2D eigenvalue weighted by Crippen LogP contribution is 2.24. The number of ether oxygens (including phenoxy) is 1. The zero-order valence-electron chi connectivity index (χ0n) is 10.7. The average Bonchev–Trinajstić information content (AvgIpc) is 2.89. The van der Waals surface area contributed by atoms with E-state index in [1.54, 1.807) is 0 Å². The molecular formula is C15H21NO2. The Labute approximate surface area is 108 Å². The van der Waals surface area contributed by atoms with Crippen LogP contribution >= 0.6 is 0 Å². The molecule has 0 unspecified atom stereocenters. The van der Waals surface area contributed by atoms with E-state index in [0.29, 0.717) is 18.9 Å². The van der Waals surface area contributed by atoms with Crippen molar-refractivity contribution < 1.29 is 9.53 Å². The third kappa shape index (κ3) is 4.06. The first-order chi connectivity index (χ1) is 8.74. The summed E-state index contributed by atoms with van der Waals surface area (Å²) in [6, 6.07) is 7.64. The second-order valence-corrected chi connectivity index (χ2v) is 5.08. The highest BCUT2D eigenvalue weighted by molar-refractivity contribution is 5.69. The van der Waals surface area contributed by atoms with E-state index in [2.05, 4.69) is 0 Å². The number of carbonyl (C=O) groups is 1. The van der Waals surface area contributed by atoms with E-state index in [0.717, 1.165) is 17.7 Å². The Balaban J connectivity index is 1.66. The standard InChI is InChI=1S/C15H21NO2/c16-14-8-5-12(6-9-14)7-10-15(17)18-11-13-3-1-2-4-13/h5-6,8-9,13H,1-4,7,10-11,16H2. The minimum Gasteiger partial charge on any atom is -0.465 e. The summed E-state index contributed by atoms with van der Waals surface area (Å²) in [7, 11) is 0. The van der Waals surface area contributed by atoms with Gasteiger partial charge < -0.3 is 10.5 Å². The third-order valence-electron chi connectivity index (χ3n) is 3.55. The van der Waals surface area contributed by atoms with Gasteiger partial charge in [-0.15, -0.1) is 0 Å². The molecule has 1 aliphatic rings. The molecule has 1 saturated carbocycles. The average molecular weight is 247 g/mol. The van der Waals surface area contributed by atoms with E-state index in [1.165, 1.54) is 25.7 Å². The van der Waals surface area contributed by atoms with Gasteiger partial charge in [-0.3, -0.25) is 4.79 Å². The van der Waals surface area contributed by atoms with Crippen LogP contribution in [-0.2, 0) is 16.0 Å². The van der Waals surface area contributed by atoms with Gasteiger partial charge in [0, 0.05) is 12.1 Å². The van der Waals surface area contributed by atoms with Crippen molar-refractivity contribution in [3.05, 3.63) is 29.8 Å². The van der Waals surface area contributed by atoms with Gasteiger partial charge in [0.2, 0.25) is 0 Å². The summed E-state index contributed by atoms with van der Waals surface area (Å²) in [6.45, 7) is 0.612. The highest BCUT2D eigenvalue weighted by atomic mass is 16.5. The lowest BCUT2D eigenvalue weighted by atomic mass is 10.1. The molecule has 1 aromatic carbocycles. The van der Waals surface area contributed by atoms with Crippen LogP contribution in [0.3, 0.4) is 0 Å². The Hall–Kier alpha value is -1.51. The molecule has 1 aliphatic carbocycles. The van der Waals surface area contributed by atoms with Gasteiger partial charge in [-0.25, -0.2) is 0 Å². The van der Waals surface area contributed by atoms with Gasteiger partial charge in [-0.05, 0) is 42.9 Å². The monoisotopic (exact) mass is 247 g/mol. The molecule has 1 aromatic rings. The van der Waals surface area contributed by atoms with Gasteiger partial charge in [0.25, 0.3) is 0 Å². The van der Waals surface area contributed by atoms with E-state index in [-0.39, 0.29) is 5.97 Å². The molecule has 0 radical (unpaired) electrons. The first-order valence-electron chi connectivity index (χ1n) is 6.74. The molecule has 0 aliphatic heterocycles. The number of carbonyl (C=O) groups excluding carboxylic acids is 1. The molecular weight excluding hydrogens is 226 g/mol. The fourth-order valence-corrected chi connectivity index (χ4v) is 2.39. The molecule has 0 amide bonds. The molecule has 98 valence electrons. The summed E-state index contributed by atoms with van der Waals surface area (Å²) in [5.74, 6) is 0.518. The molecule has 3 nitrogen and oxygen atoms in total. The van der Waals surface area contributed by atoms with Crippen molar-refractivity contribution in [2.45, 2.75) is 38.5 Å². The molecule has 0 atom stereocenters. The number of aryl methyl sites for hydroxylation is 1. The largest absolute Gasteiger partial charge is 0.465 e. The van der Waals surface area contributed by atoms with Crippen LogP contribution in [0.15, 0.2) is 24.3 Å². The molecule has 0 spiro atoms. The number of rotatable bonds is 5. The summed E-state index contributed by atoms with van der Waals surface area (Å²) in [6.07, 6.45) is 6.18. The number of hydrogen-bond donors (Lipinski definition) is 1. The molecule has 3 heteroatoms. The Morgan fingerprint density at radius 3 is 2.56 bits per heavy atom. The van der Waals surface area contributed by atoms with Crippen LogP contribution < -0.4 is 5.73 Å². The molecule has 18 heavy (non-hydrogen) atoms. The molecule has 0 bridgehead atoms. The van der Waals surface area contributed by atoms with Crippen LogP contribution in [0.2, 0.25) is 0 Å². The van der Waals surface area contributed by atoms with E-state index < -0.39 is 0 Å². The first-order valence-corrected chi connectivity index (χ1v) is 6.74. The number of benzene rings is 1. The summed E-state index contributed by atoms with van der Waals surface area (Å²) < 4.78 is 5.31. The first kappa shape index (κ1) is 12.9. The van der Waals surface area contributed by atoms with Crippen molar-refractivity contribution in [1.82, 2.24) is 0 Å². The maximum Gasteiger partial charge on any atom is 0.306 e. The van der Waals surface area contributed by atoms with Gasteiger partial charge >= 0.3 is 5.97 Å². The van der Waals surface area contributed by atoms with Crippen molar-refractivity contribution in [2.75, 3.05) is 12.3 Å². The second kappa shape index (κ2) is 6.43. The normalized spacial score (nSPS) is 15.8. The molecule has 2 rings (SSSR count). The van der Waals surface area contributed by atoms with Crippen LogP contribution in [0.4, 0.5) is 5.69 Å². The smallest absolute Gasteiger partial charge is 0.306 e. The van der Waals surface area contributed by atoms with Crippen LogP contribution in [0.5, 0.6) is 0 Å². The fourth-order valence-electron chi connectivity index (χ4n) is 2.39. The summed E-state index contributed by atoms with van der Waals surface area (Å²) in [5, 5.41) is 0. The number of anilines is 1. The molecule has 0 aromatic heterocycles. The Morgan fingerprint density at radius 2 is 1.89 bits per heavy atom. The molecule has 0 heterocycles. The van der Waals surface area contributed by atoms with Crippen LogP contribution in [0, 0.1) is 5.92 Å². The predicted octanol–water partition coefficient (Wildman–Crippen LogP) is 2.93. The number of hydrogen-bond acceptors (Lipinski definition) is 3. The Morgan fingerprint density at radius 1 is 1.22 bits per heavy atom. The SMILES string of the molecule is Nc1ccc(CCC(=O)OCC2CCCC2)cc1. The zero-order valence-corrected chi connectivity index (χ0v) is 10.7. The highest BCUT2D eigenvalue weighted by Gasteiger charge is 2.16. The van der Waals surface area contributed by atoms with Crippen molar-refractivity contribution in [2.24, 2.45) is 5.92 Å². The van der Waals surface area contributed by atoms with Gasteiger partial charge in [-0.1, -0.05) is 25.0 Å². The second-order valence-electron chi connectivity index (χ2n) is 5.08. The lowest BCUT2D eigenvalue weighted by Gasteiger charge is -2.09. The van der Waals surface area contributed by atoms with Gasteiger partial charge in [0.15, 0.2) is 0 Å². The van der Waals surface area contributed by atoms with Crippen molar-refractivity contribution in [1.29, 1.82) is 0 Å². The van der Waals surface area contributed by atoms with Crippen LogP contribution in [0.1, 0.15) is 37.7 Å². The summed E-state index contributed by atoms with van der Waals surface area (Å²) in [5.41, 5.74) is 7.49. The number of nitrogen functional groups attached to an aromatic ring is 1. The summed E-state index contributed by atoms with van der Waals surface area (Å²) >= 11 is 0. The quantitative estimate of drug-likeness (QED) is 0.643. The topological polar surface area (TPSA) is 52.3 Å². The van der Waals surface area contributed by atoms with Crippen LogP contribution in [-0.4, -0.2) is 12.6 Å². The summed E-state index contributed by atoms with van der Waals surface area (Å²) in [4.78, 5) is 11.6. The molecule has 0 saturated heterocycles. The zero-order chi connectivity index (χ0) is 12.8. The maximum atomic E-state index is 11.6. The molecule has 1 fully saturated rings. The van der Waals surface area contributed by atoms with E-state index >= 15 is 0 Å². The minimum atomic E-state index is -0.0845. The van der Waals surface area contributed by atoms with Gasteiger partial charge in [0.05, 0.1) is 6.61 Å². The lowest BCUT2D eigenvalue weighted by Crippen LogP contribution is -2.12. The lowest BCUT2D eigenvalue weighted by molar-refractivity contribution is -0.144. The van der Waals surface area contributed by atoms with Gasteiger partial charge in [0.1, 0.15) is 0 Å². The Bertz CT molecular complexity index is 380. The molecule has 2 N–H and O–H groups in total. The van der Waals surface area contributed by atoms with Crippen molar-refractivity contribution in [3.8, 4) is 0 Å². The fraction of sp³-hybridized carbons (Fsp3) is 0.533. The van der Waals surface area contributed by atoms with Gasteiger partial charge in [-0.2, -0.15) is 0 Å². The van der Waals surface area contributed by atoms with E-state index in [1.807, 2.05) is 24.3 Å². The maximum absolute atomic E-state index is 11.6. The van der Waals surface area contributed by atoms with Crippen molar-refractivity contribution >= 4 is 11.7 Å². The number of nitrogens with two attached hydrogens (primary N) is 1. The van der Waals surface area contributed by atoms with E-state index in [9.17, 15) is 4.79 Å². The third-order valence-corrected chi connectivity index (χ3v) is 3.55. The Kier molecular flexibility index (Phi) is 4.62.